The van der Waals surface area contributed by atoms with Gasteiger partial charge in [0, 0.05) is 29.9 Å². The molecule has 0 heterocycles. The normalized spacial score (nSPS) is 17.9. The van der Waals surface area contributed by atoms with Gasteiger partial charge < -0.3 is 0 Å². The molecule has 0 amide bonds. The molecule has 4 rings (SSSR count). The molecule has 8 heteroatoms. The monoisotopic (exact) mass is 604 g/mol. The van der Waals surface area contributed by atoms with Crippen LogP contribution in [-0.4, -0.2) is 24.0 Å². The molecule has 2 unspecified atom stereocenters. The van der Waals surface area contributed by atoms with Gasteiger partial charge in [0.05, 0.1) is 16.0 Å². The minimum atomic E-state index is -1.61. The first-order valence-corrected chi connectivity index (χ1v) is 17.1. The Morgan fingerprint density at radius 1 is 0.895 bits per heavy atom. The molecule has 0 aromatic heterocycles. The third-order valence-corrected chi connectivity index (χ3v) is 8.78. The second kappa shape index (κ2) is 11.2. The van der Waals surface area contributed by atoms with Crippen LogP contribution >= 0.6 is 46.4 Å². The van der Waals surface area contributed by atoms with Crippen molar-refractivity contribution in [2.24, 2.45) is 5.92 Å². The Bertz CT molecular complexity index is 1470. The lowest BCUT2D eigenvalue weighted by Crippen LogP contribution is -2.16. The maximum atomic E-state index is 13.3. The molecule has 2 nitrogen and oxygen atoms in total. The second-order valence-corrected chi connectivity index (χ2v) is 17.6. The molecule has 0 radical (unpaired) electrons. The van der Waals surface area contributed by atoms with Crippen molar-refractivity contribution < 1.29 is 14.0 Å². The van der Waals surface area contributed by atoms with Crippen LogP contribution in [0.2, 0.25) is 29.7 Å². The van der Waals surface area contributed by atoms with E-state index in [1.165, 1.54) is 12.1 Å². The van der Waals surface area contributed by atoms with Gasteiger partial charge in [0.25, 0.3) is 0 Å². The highest BCUT2D eigenvalue weighted by Crippen LogP contribution is 2.65. The van der Waals surface area contributed by atoms with E-state index in [0.717, 1.165) is 5.56 Å². The summed E-state index contributed by atoms with van der Waals surface area (Å²) in [6, 6.07) is 16.1. The minimum absolute atomic E-state index is 0.0478. The van der Waals surface area contributed by atoms with E-state index in [2.05, 4.69) is 31.1 Å². The predicted octanol–water partition coefficient (Wildman–Crippen LogP) is 8.49. The van der Waals surface area contributed by atoms with Gasteiger partial charge in [-0.05, 0) is 53.1 Å². The first kappa shape index (κ1) is 28.9. The van der Waals surface area contributed by atoms with Crippen molar-refractivity contribution in [1.82, 2.24) is 0 Å². The second-order valence-electron chi connectivity index (χ2n) is 10.6. The molecule has 2 atom stereocenters. The number of carbonyl (C=O) groups excluding carboxylic acids is 2. The van der Waals surface area contributed by atoms with Gasteiger partial charge in [-0.2, -0.15) is 0 Å². The number of halogens is 5. The molecular weight excluding hydrogens is 581 g/mol. The molecule has 3 aromatic rings. The molecule has 0 spiro atoms. The van der Waals surface area contributed by atoms with Crippen molar-refractivity contribution >= 4 is 66.0 Å². The van der Waals surface area contributed by atoms with Crippen LogP contribution in [0.4, 0.5) is 4.39 Å². The maximum Gasteiger partial charge on any atom is 0.168 e. The zero-order valence-corrected chi connectivity index (χ0v) is 25.1. The van der Waals surface area contributed by atoms with Gasteiger partial charge >= 0.3 is 0 Å². The van der Waals surface area contributed by atoms with E-state index in [4.69, 9.17) is 46.4 Å². The Morgan fingerprint density at radius 3 is 2.18 bits per heavy atom. The van der Waals surface area contributed by atoms with E-state index >= 15 is 0 Å². The summed E-state index contributed by atoms with van der Waals surface area (Å²) in [6.07, 6.45) is 0.111. The van der Waals surface area contributed by atoms with Crippen LogP contribution in [0, 0.1) is 23.2 Å². The molecule has 0 aliphatic heterocycles. The molecule has 1 fully saturated rings. The van der Waals surface area contributed by atoms with Crippen molar-refractivity contribution in [2.45, 2.75) is 42.7 Å². The number of rotatable bonds is 7. The summed E-state index contributed by atoms with van der Waals surface area (Å²) in [7, 11) is -1.61. The van der Waals surface area contributed by atoms with Crippen molar-refractivity contribution in [3.63, 3.8) is 0 Å². The van der Waals surface area contributed by atoms with Crippen molar-refractivity contribution in [3.05, 3.63) is 104 Å². The van der Waals surface area contributed by atoms with Crippen LogP contribution in [0.25, 0.3) is 0 Å². The minimum Gasteiger partial charge on any atom is -0.299 e. The van der Waals surface area contributed by atoms with E-state index in [-0.39, 0.29) is 35.2 Å². The lowest BCUT2D eigenvalue weighted by atomic mass is 9.97. The first-order chi connectivity index (χ1) is 17.8. The maximum absolute atomic E-state index is 13.3. The van der Waals surface area contributed by atoms with Crippen LogP contribution < -0.4 is 0 Å². The Labute approximate surface area is 243 Å². The highest BCUT2D eigenvalue weighted by molar-refractivity contribution is 6.83. The average molecular weight is 606 g/mol. The Kier molecular flexibility index (Phi) is 8.48. The summed E-state index contributed by atoms with van der Waals surface area (Å²) >= 11 is 25.9. The Hall–Kier alpha value is -2.13. The summed E-state index contributed by atoms with van der Waals surface area (Å²) in [5, 5.41) is 0.825. The predicted molar refractivity (Wildman–Crippen MR) is 157 cm³/mol. The summed E-state index contributed by atoms with van der Waals surface area (Å²) in [6.45, 7) is 6.44. The van der Waals surface area contributed by atoms with E-state index in [0.29, 0.717) is 27.3 Å². The third-order valence-electron chi connectivity index (χ3n) is 6.31. The molecule has 1 aliphatic carbocycles. The number of alkyl halides is 2. The number of hydrogen-bond donors (Lipinski definition) is 0. The van der Waals surface area contributed by atoms with Gasteiger partial charge in [-0.25, -0.2) is 4.39 Å². The van der Waals surface area contributed by atoms with E-state index in [9.17, 15) is 14.0 Å². The van der Waals surface area contributed by atoms with Gasteiger partial charge in [0.2, 0.25) is 0 Å². The fourth-order valence-electron chi connectivity index (χ4n) is 4.32. The van der Waals surface area contributed by atoms with Gasteiger partial charge in [-0.15, -0.1) is 28.7 Å². The zero-order chi connectivity index (χ0) is 27.8. The number of hydrogen-bond acceptors (Lipinski definition) is 2. The molecule has 0 saturated heterocycles. The lowest BCUT2D eigenvalue weighted by Gasteiger charge is -2.08. The Balaban J connectivity index is 1.51. The smallest absolute Gasteiger partial charge is 0.168 e. The van der Waals surface area contributed by atoms with E-state index in [1.54, 1.807) is 36.4 Å². The molecule has 0 bridgehead atoms. The molecule has 1 aliphatic rings. The van der Waals surface area contributed by atoms with Crippen LogP contribution in [-0.2, 0) is 17.6 Å². The standard InChI is InChI=1S/C30H25Cl4FO2Si/c1-38(2,3)13-12-20-17-21(7-11-24(20)31)28-29(30(28,33)34)27(37)16-19-6-10-25(32)23(14-19)26(36)15-18-4-8-22(35)9-5-18/h4-11,14,17,28-29H,15-16H2,1-3H3. The average Bonchev–Trinajstić information content (AvgIpc) is 3.42. The fraction of sp³-hybridized carbons (Fsp3) is 0.267. The summed E-state index contributed by atoms with van der Waals surface area (Å²) in [5.41, 5.74) is 6.41. The largest absolute Gasteiger partial charge is 0.299 e. The first-order valence-electron chi connectivity index (χ1n) is 12.1. The lowest BCUT2D eigenvalue weighted by molar-refractivity contribution is -0.119. The van der Waals surface area contributed by atoms with Crippen molar-refractivity contribution in [3.8, 4) is 11.5 Å². The Morgan fingerprint density at radius 2 is 1.53 bits per heavy atom. The number of ketones is 2. The van der Waals surface area contributed by atoms with Crippen LogP contribution in [0.1, 0.15) is 38.5 Å². The van der Waals surface area contributed by atoms with Crippen molar-refractivity contribution in [2.75, 3.05) is 0 Å². The van der Waals surface area contributed by atoms with Crippen molar-refractivity contribution in [1.29, 1.82) is 0 Å². The fourth-order valence-corrected chi connectivity index (χ4v) is 6.09. The molecule has 196 valence electrons. The van der Waals surface area contributed by atoms with Crippen LogP contribution in [0.3, 0.4) is 0 Å². The topological polar surface area (TPSA) is 34.1 Å². The molecule has 1 saturated carbocycles. The molecule has 3 aromatic carbocycles. The summed E-state index contributed by atoms with van der Waals surface area (Å²) in [4.78, 5) is 26.2. The van der Waals surface area contributed by atoms with Gasteiger partial charge in [-0.1, -0.05) is 73.0 Å². The van der Waals surface area contributed by atoms with E-state index < -0.39 is 24.2 Å². The van der Waals surface area contributed by atoms with Crippen LogP contribution in [0.5, 0.6) is 0 Å². The molecule has 38 heavy (non-hydrogen) atoms. The van der Waals surface area contributed by atoms with Gasteiger partial charge in [0.15, 0.2) is 5.78 Å². The highest BCUT2D eigenvalue weighted by Gasteiger charge is 2.66. The van der Waals surface area contributed by atoms with Gasteiger partial charge in [-0.3, -0.25) is 9.59 Å². The van der Waals surface area contributed by atoms with Gasteiger partial charge in [0.1, 0.15) is 24.0 Å². The van der Waals surface area contributed by atoms with Crippen LogP contribution in [0.15, 0.2) is 60.7 Å². The zero-order valence-electron chi connectivity index (χ0n) is 21.0. The molecule has 0 N–H and O–H groups in total. The third kappa shape index (κ3) is 6.70. The summed E-state index contributed by atoms with van der Waals surface area (Å²) in [5.74, 6) is 1.44. The quantitative estimate of drug-likeness (QED) is 0.117. The number of benzene rings is 3. The number of carbonyl (C=O) groups is 2. The van der Waals surface area contributed by atoms with E-state index in [1.807, 2.05) is 12.1 Å². The highest BCUT2D eigenvalue weighted by atomic mass is 35.5. The SMILES string of the molecule is C[Si](C)(C)C#Cc1cc(C2C(C(=O)Cc3ccc(Cl)c(C(=O)Cc4ccc(F)cc4)c3)C2(Cl)Cl)ccc1Cl. The summed E-state index contributed by atoms with van der Waals surface area (Å²) < 4.78 is 11.9. The number of Topliss-reactive ketones (excluding diaryl/α,β-unsaturated/α-hetero) is 2. The molecular formula is C30H25Cl4FO2Si.